The van der Waals surface area contributed by atoms with Crippen LogP contribution in [0.15, 0.2) is 42.5 Å². The Labute approximate surface area is 190 Å². The Kier molecular flexibility index (Phi) is 6.25. The van der Waals surface area contributed by atoms with Crippen molar-refractivity contribution in [2.75, 3.05) is 13.2 Å². The first kappa shape index (κ1) is 21.7. The Morgan fingerprint density at radius 2 is 1.94 bits per heavy atom. The van der Waals surface area contributed by atoms with Gasteiger partial charge >= 0.3 is 6.09 Å². The summed E-state index contributed by atoms with van der Waals surface area (Å²) in [5, 5.41) is 1.24. The van der Waals surface area contributed by atoms with E-state index in [9.17, 15) is 4.79 Å². The summed E-state index contributed by atoms with van der Waals surface area (Å²) in [4.78, 5) is 18.6. The van der Waals surface area contributed by atoms with Crippen molar-refractivity contribution in [1.29, 1.82) is 0 Å². The lowest BCUT2D eigenvalue weighted by atomic mass is 10.2. The van der Waals surface area contributed by atoms with E-state index in [4.69, 9.17) is 25.8 Å². The summed E-state index contributed by atoms with van der Waals surface area (Å²) in [5.74, 6) is 1.40. The number of ether oxygens (including phenoxy) is 3. The molecule has 0 aliphatic carbocycles. The van der Waals surface area contributed by atoms with Gasteiger partial charge in [0.2, 0.25) is 0 Å². The van der Waals surface area contributed by atoms with Gasteiger partial charge in [-0.1, -0.05) is 22.9 Å². The molecule has 1 unspecified atom stereocenters. The van der Waals surface area contributed by atoms with Crippen molar-refractivity contribution in [3.63, 3.8) is 0 Å². The van der Waals surface area contributed by atoms with Crippen LogP contribution < -0.4 is 9.47 Å². The monoisotopic (exact) mass is 460 g/mol. The topological polar surface area (TPSA) is 60.9 Å². The highest BCUT2D eigenvalue weighted by Gasteiger charge is 2.32. The lowest BCUT2D eigenvalue weighted by Gasteiger charge is -2.28. The van der Waals surface area contributed by atoms with Crippen LogP contribution in [0, 0.1) is 0 Å². The van der Waals surface area contributed by atoms with Gasteiger partial charge in [0.1, 0.15) is 23.7 Å². The fourth-order valence-electron chi connectivity index (χ4n) is 3.39. The van der Waals surface area contributed by atoms with Crippen molar-refractivity contribution in [2.24, 2.45) is 0 Å². The fraction of sp³-hybridized carbons (Fsp3) is 0.391. The quantitative estimate of drug-likeness (QED) is 0.433. The zero-order valence-electron chi connectivity index (χ0n) is 17.8. The largest absolute Gasteiger partial charge is 0.491 e. The van der Waals surface area contributed by atoms with Gasteiger partial charge in [0.25, 0.3) is 5.19 Å². The van der Waals surface area contributed by atoms with Crippen LogP contribution in [0.2, 0.25) is 5.02 Å². The maximum Gasteiger partial charge on any atom is 0.410 e. The molecule has 0 spiro atoms. The van der Waals surface area contributed by atoms with E-state index in [1.54, 1.807) is 4.90 Å². The van der Waals surface area contributed by atoms with Gasteiger partial charge in [-0.25, -0.2) is 9.78 Å². The number of carbonyl (C=O) groups is 1. The molecule has 0 bridgehead atoms. The van der Waals surface area contributed by atoms with Crippen LogP contribution in [0.1, 0.15) is 33.6 Å². The van der Waals surface area contributed by atoms with Gasteiger partial charge < -0.3 is 19.1 Å². The second-order valence-electron chi connectivity index (χ2n) is 8.45. The number of carbonyl (C=O) groups excluding carboxylic acids is 1. The summed E-state index contributed by atoms with van der Waals surface area (Å²) in [5.41, 5.74) is 0.353. The second-order valence-corrected chi connectivity index (χ2v) is 9.88. The van der Waals surface area contributed by atoms with Crippen molar-refractivity contribution < 1.29 is 19.0 Å². The molecule has 2 heterocycles. The molecule has 1 aliphatic rings. The fourth-order valence-corrected chi connectivity index (χ4v) is 4.50. The Morgan fingerprint density at radius 1 is 1.19 bits per heavy atom. The Balaban J connectivity index is 1.33. The molecule has 0 N–H and O–H groups in total. The predicted molar refractivity (Wildman–Crippen MR) is 123 cm³/mol. The molecule has 1 aromatic heterocycles. The van der Waals surface area contributed by atoms with Crippen molar-refractivity contribution in [3.05, 3.63) is 47.5 Å². The number of thiazole rings is 1. The second kappa shape index (κ2) is 8.93. The number of hydrogen-bond donors (Lipinski definition) is 0. The molecule has 0 saturated carbocycles. The number of nitrogens with zero attached hydrogens (tertiary/aromatic N) is 2. The Hall–Kier alpha value is -2.51. The maximum atomic E-state index is 12.4. The van der Waals surface area contributed by atoms with Crippen LogP contribution in [0.3, 0.4) is 0 Å². The van der Waals surface area contributed by atoms with Gasteiger partial charge in [-0.15, -0.1) is 0 Å². The Morgan fingerprint density at radius 3 is 2.68 bits per heavy atom. The first-order valence-corrected chi connectivity index (χ1v) is 11.4. The molecule has 2 aromatic carbocycles. The minimum absolute atomic E-state index is 0.0142. The highest BCUT2D eigenvalue weighted by Crippen LogP contribution is 2.33. The summed E-state index contributed by atoms with van der Waals surface area (Å²) in [6.07, 6.45) is 1.58. The molecule has 1 saturated heterocycles. The van der Waals surface area contributed by atoms with Crippen LogP contribution in [-0.4, -0.2) is 40.8 Å². The molecule has 6 nitrogen and oxygen atoms in total. The molecular formula is C23H25ClN2O4S. The maximum absolute atomic E-state index is 12.4. The number of halogens is 1. The molecule has 31 heavy (non-hydrogen) atoms. The molecule has 164 valence electrons. The summed E-state index contributed by atoms with van der Waals surface area (Å²) in [6, 6.07) is 13.0. The number of rotatable bonds is 5. The molecular weight excluding hydrogens is 436 g/mol. The van der Waals surface area contributed by atoms with E-state index in [2.05, 4.69) is 4.98 Å². The first-order valence-electron chi connectivity index (χ1n) is 10.2. The molecule has 1 aliphatic heterocycles. The zero-order chi connectivity index (χ0) is 22.0. The molecule has 1 amide bonds. The normalized spacial score (nSPS) is 16.5. The molecule has 0 radical (unpaired) electrons. The Bertz CT molecular complexity index is 1060. The lowest BCUT2D eigenvalue weighted by molar-refractivity contribution is 0.0187. The highest BCUT2D eigenvalue weighted by atomic mass is 35.5. The van der Waals surface area contributed by atoms with Gasteiger partial charge in [0, 0.05) is 11.6 Å². The zero-order valence-corrected chi connectivity index (χ0v) is 19.3. The summed E-state index contributed by atoms with van der Waals surface area (Å²) in [7, 11) is 0. The number of likely N-dealkylation sites (tertiary alicyclic amines) is 1. The van der Waals surface area contributed by atoms with Crippen molar-refractivity contribution in [3.8, 4) is 16.7 Å². The van der Waals surface area contributed by atoms with Gasteiger partial charge in [0.05, 0.1) is 16.3 Å². The molecule has 3 aromatic rings. The van der Waals surface area contributed by atoms with Crippen LogP contribution in [0.25, 0.3) is 10.2 Å². The number of fused-ring (bicyclic) bond motifs is 1. The minimum Gasteiger partial charge on any atom is -0.491 e. The van der Waals surface area contributed by atoms with Crippen LogP contribution in [-0.2, 0) is 4.74 Å². The van der Waals surface area contributed by atoms with Crippen molar-refractivity contribution >= 4 is 39.2 Å². The van der Waals surface area contributed by atoms with E-state index in [-0.39, 0.29) is 12.1 Å². The van der Waals surface area contributed by atoms with E-state index >= 15 is 0 Å². The average Bonchev–Trinajstić information content (AvgIpc) is 3.32. The van der Waals surface area contributed by atoms with Gasteiger partial charge in [-0.05, 0) is 76.1 Å². The average molecular weight is 461 g/mol. The highest BCUT2D eigenvalue weighted by molar-refractivity contribution is 7.20. The standard InChI is InChI=1S/C23H25ClN2O4S/c1-23(2,3)30-22(27)26-12-4-5-16(26)14-28-17-7-9-18(10-8-17)29-21-25-19-11-6-15(24)13-20(19)31-21/h6-11,13,16H,4-5,12,14H2,1-3H3. The van der Waals surface area contributed by atoms with Crippen LogP contribution in [0.5, 0.6) is 16.7 Å². The van der Waals surface area contributed by atoms with Gasteiger partial charge in [-0.2, -0.15) is 0 Å². The number of aromatic nitrogens is 1. The molecule has 4 rings (SSSR count). The van der Waals surface area contributed by atoms with E-state index in [0.29, 0.717) is 29.1 Å². The minimum atomic E-state index is -0.504. The molecule has 8 heteroatoms. The van der Waals surface area contributed by atoms with E-state index in [0.717, 1.165) is 28.8 Å². The first-order chi connectivity index (χ1) is 14.8. The molecule has 1 atom stereocenters. The van der Waals surface area contributed by atoms with E-state index < -0.39 is 5.60 Å². The molecule has 1 fully saturated rings. The SMILES string of the molecule is CC(C)(C)OC(=O)N1CCCC1COc1ccc(Oc2nc3ccc(Cl)cc3s2)cc1. The van der Waals surface area contributed by atoms with Gasteiger partial charge in [-0.3, -0.25) is 0 Å². The third-order valence-electron chi connectivity index (χ3n) is 4.81. The third-order valence-corrected chi connectivity index (χ3v) is 5.94. The van der Waals surface area contributed by atoms with E-state index in [1.807, 2.05) is 63.2 Å². The smallest absolute Gasteiger partial charge is 0.410 e. The van der Waals surface area contributed by atoms with E-state index in [1.165, 1.54) is 11.3 Å². The predicted octanol–water partition coefficient (Wildman–Crippen LogP) is 6.52. The number of hydrogen-bond acceptors (Lipinski definition) is 6. The van der Waals surface area contributed by atoms with Crippen LogP contribution in [0.4, 0.5) is 4.79 Å². The lowest BCUT2D eigenvalue weighted by Crippen LogP contribution is -2.42. The summed E-state index contributed by atoms with van der Waals surface area (Å²) >= 11 is 7.48. The summed E-state index contributed by atoms with van der Waals surface area (Å²) in [6.45, 7) is 6.75. The number of amides is 1. The van der Waals surface area contributed by atoms with Gasteiger partial charge in [0.15, 0.2) is 0 Å². The van der Waals surface area contributed by atoms with Crippen molar-refractivity contribution in [2.45, 2.75) is 45.3 Å². The third kappa shape index (κ3) is 5.60. The summed E-state index contributed by atoms with van der Waals surface area (Å²) < 4.78 is 18.3. The van der Waals surface area contributed by atoms with Crippen LogP contribution >= 0.6 is 22.9 Å². The number of benzene rings is 2. The van der Waals surface area contributed by atoms with Crippen molar-refractivity contribution in [1.82, 2.24) is 9.88 Å².